The molecule has 4 nitrogen and oxygen atoms in total. The zero-order valence-corrected chi connectivity index (χ0v) is 17.5. The van der Waals surface area contributed by atoms with Crippen LogP contribution in [0.15, 0.2) is 29.6 Å². The Bertz CT molecular complexity index is 675. The van der Waals surface area contributed by atoms with Crippen molar-refractivity contribution in [3.8, 4) is 10.6 Å². The van der Waals surface area contributed by atoms with E-state index < -0.39 is 0 Å². The van der Waals surface area contributed by atoms with Crippen LogP contribution in [-0.2, 0) is 11.2 Å². The number of halogens is 3. The van der Waals surface area contributed by atoms with Crippen molar-refractivity contribution in [2.24, 2.45) is 5.73 Å². The Morgan fingerprint density at radius 1 is 1.28 bits per heavy atom. The van der Waals surface area contributed by atoms with Crippen LogP contribution in [0.5, 0.6) is 0 Å². The second-order valence-corrected chi connectivity index (χ2v) is 6.91. The van der Waals surface area contributed by atoms with Crippen molar-refractivity contribution in [2.75, 3.05) is 6.54 Å². The monoisotopic (exact) mass is 423 g/mol. The smallest absolute Gasteiger partial charge is 0.226 e. The molecule has 0 aliphatic carbocycles. The Hall–Kier alpha value is -0.850. The van der Waals surface area contributed by atoms with Crippen molar-refractivity contribution >= 4 is 53.7 Å². The molecule has 3 N–H and O–H groups in total. The number of nitrogens with two attached hydrogens (primary N) is 1. The molecule has 2 rings (SSSR count). The number of thiazole rings is 1. The summed E-state index contributed by atoms with van der Waals surface area (Å²) in [7, 11) is 0. The van der Waals surface area contributed by atoms with Crippen LogP contribution in [0.2, 0.25) is 5.02 Å². The van der Waals surface area contributed by atoms with Gasteiger partial charge in [-0.2, -0.15) is 0 Å². The average molecular weight is 425 g/mol. The fraction of sp³-hybridized carbons (Fsp3) is 0.412. The fourth-order valence-electron chi connectivity index (χ4n) is 2.15. The molecule has 2 aromatic rings. The van der Waals surface area contributed by atoms with Crippen LogP contribution in [0.1, 0.15) is 32.4 Å². The molecule has 140 valence electrons. The Balaban J connectivity index is 0.00000288. The summed E-state index contributed by atoms with van der Waals surface area (Å²) in [4.78, 5) is 16.6. The highest BCUT2D eigenvalue weighted by Gasteiger charge is 2.21. The van der Waals surface area contributed by atoms with Gasteiger partial charge >= 0.3 is 0 Å². The van der Waals surface area contributed by atoms with Gasteiger partial charge in [-0.05, 0) is 18.9 Å². The van der Waals surface area contributed by atoms with Crippen molar-refractivity contribution in [3.05, 3.63) is 40.4 Å². The molecule has 0 unspecified atom stereocenters. The molecular weight excluding hydrogens is 401 g/mol. The number of benzene rings is 1. The Morgan fingerprint density at radius 3 is 2.52 bits per heavy atom. The first kappa shape index (κ1) is 24.2. The molecule has 1 aromatic carbocycles. The van der Waals surface area contributed by atoms with E-state index >= 15 is 0 Å². The lowest BCUT2D eigenvalue weighted by molar-refractivity contribution is -0.120. The van der Waals surface area contributed by atoms with Gasteiger partial charge in [0.25, 0.3) is 0 Å². The molecule has 25 heavy (non-hydrogen) atoms. The van der Waals surface area contributed by atoms with E-state index in [0.29, 0.717) is 11.6 Å². The minimum absolute atomic E-state index is 0. The highest BCUT2D eigenvalue weighted by Crippen LogP contribution is 2.30. The first-order valence-corrected chi connectivity index (χ1v) is 8.98. The topological polar surface area (TPSA) is 68.0 Å². The number of hydrogen-bond donors (Lipinski definition) is 2. The van der Waals surface area contributed by atoms with E-state index in [2.05, 4.69) is 10.3 Å². The van der Waals surface area contributed by atoms with Crippen LogP contribution in [-0.4, -0.2) is 23.0 Å². The number of amides is 1. The van der Waals surface area contributed by atoms with Gasteiger partial charge in [-0.15, -0.1) is 36.2 Å². The number of hydrogen-bond acceptors (Lipinski definition) is 4. The van der Waals surface area contributed by atoms with E-state index in [9.17, 15) is 4.79 Å². The summed E-state index contributed by atoms with van der Waals surface area (Å²) < 4.78 is 0. The maximum Gasteiger partial charge on any atom is 0.226 e. The fourth-order valence-corrected chi connectivity index (χ4v) is 3.29. The quantitative estimate of drug-likeness (QED) is 0.688. The molecule has 8 heteroatoms. The number of carbonyl (C=O) groups is 1. The molecule has 1 amide bonds. The maximum atomic E-state index is 12.1. The molecule has 0 radical (unpaired) electrons. The predicted molar refractivity (Wildman–Crippen MR) is 111 cm³/mol. The highest BCUT2D eigenvalue weighted by molar-refractivity contribution is 7.13. The molecule has 0 bridgehead atoms. The van der Waals surface area contributed by atoms with E-state index in [1.165, 1.54) is 11.3 Å². The van der Waals surface area contributed by atoms with E-state index in [-0.39, 0.29) is 42.7 Å². The summed E-state index contributed by atoms with van der Waals surface area (Å²) in [6.07, 6.45) is 1.92. The summed E-state index contributed by atoms with van der Waals surface area (Å²) in [6.45, 7) is 4.55. The third kappa shape index (κ3) is 6.76. The van der Waals surface area contributed by atoms with Gasteiger partial charge in [0.1, 0.15) is 5.01 Å². The normalized spacial score (nSPS) is 10.6. The van der Waals surface area contributed by atoms with Gasteiger partial charge in [-0.3, -0.25) is 4.79 Å². The van der Waals surface area contributed by atoms with Crippen LogP contribution < -0.4 is 11.1 Å². The standard InChI is InChI=1S/C17H22ClN3OS.2ClH/c1-3-17(19,4-2)11-20-15(22)9-12-10-23-16(21-12)13-7-5-6-8-14(13)18;;/h5-8,10H,3-4,9,11,19H2,1-2H3,(H,20,22);2*1H. The van der Waals surface area contributed by atoms with Gasteiger partial charge in [0, 0.05) is 23.0 Å². The number of nitrogens with one attached hydrogen (secondary N) is 1. The average Bonchev–Trinajstić information content (AvgIpc) is 3.01. The molecule has 0 spiro atoms. The molecule has 1 heterocycles. The Labute approximate surface area is 170 Å². The summed E-state index contributed by atoms with van der Waals surface area (Å²) in [5.41, 5.74) is 7.50. The molecule has 1 aromatic heterocycles. The van der Waals surface area contributed by atoms with Crippen LogP contribution >= 0.6 is 47.8 Å². The molecule has 0 saturated carbocycles. The van der Waals surface area contributed by atoms with Crippen LogP contribution in [0, 0.1) is 0 Å². The third-order valence-electron chi connectivity index (χ3n) is 4.04. The van der Waals surface area contributed by atoms with Gasteiger partial charge in [-0.25, -0.2) is 4.98 Å². The van der Waals surface area contributed by atoms with Crippen molar-refractivity contribution < 1.29 is 4.79 Å². The number of carbonyl (C=O) groups excluding carboxylic acids is 1. The lowest BCUT2D eigenvalue weighted by Gasteiger charge is -2.26. The Morgan fingerprint density at radius 2 is 1.92 bits per heavy atom. The predicted octanol–water partition coefficient (Wildman–Crippen LogP) is 4.48. The van der Waals surface area contributed by atoms with Gasteiger partial charge < -0.3 is 11.1 Å². The molecule has 0 saturated heterocycles. The van der Waals surface area contributed by atoms with Crippen molar-refractivity contribution in [1.82, 2.24) is 10.3 Å². The van der Waals surface area contributed by atoms with Crippen LogP contribution in [0.25, 0.3) is 10.6 Å². The van der Waals surface area contributed by atoms with Gasteiger partial charge in [-0.1, -0.05) is 43.6 Å². The SMILES string of the molecule is CCC(N)(CC)CNC(=O)Cc1csc(-c2ccccc2Cl)n1.Cl.Cl. The largest absolute Gasteiger partial charge is 0.354 e. The van der Waals surface area contributed by atoms with Gasteiger partial charge in [0.2, 0.25) is 5.91 Å². The van der Waals surface area contributed by atoms with Gasteiger partial charge in [0.15, 0.2) is 0 Å². The van der Waals surface area contributed by atoms with Crippen molar-refractivity contribution in [3.63, 3.8) is 0 Å². The summed E-state index contributed by atoms with van der Waals surface area (Å²) in [5, 5.41) is 6.30. The summed E-state index contributed by atoms with van der Waals surface area (Å²) in [5.74, 6) is -0.0577. The van der Waals surface area contributed by atoms with E-state index in [1.54, 1.807) is 0 Å². The first-order valence-electron chi connectivity index (χ1n) is 7.72. The molecule has 0 atom stereocenters. The zero-order chi connectivity index (χ0) is 16.9. The zero-order valence-electron chi connectivity index (χ0n) is 14.3. The Kier molecular flexibility index (Phi) is 10.6. The molecule has 0 aliphatic rings. The van der Waals surface area contributed by atoms with E-state index in [0.717, 1.165) is 29.1 Å². The minimum Gasteiger partial charge on any atom is -0.354 e. The van der Waals surface area contributed by atoms with E-state index in [4.69, 9.17) is 17.3 Å². The van der Waals surface area contributed by atoms with Crippen molar-refractivity contribution in [1.29, 1.82) is 0 Å². The van der Waals surface area contributed by atoms with Crippen molar-refractivity contribution in [2.45, 2.75) is 38.6 Å². The molecule has 0 fully saturated rings. The molecule has 0 aliphatic heterocycles. The second-order valence-electron chi connectivity index (χ2n) is 5.65. The first-order chi connectivity index (χ1) is 11.0. The lowest BCUT2D eigenvalue weighted by atomic mass is 9.94. The number of aromatic nitrogens is 1. The lowest BCUT2D eigenvalue weighted by Crippen LogP contribution is -2.49. The number of rotatable bonds is 7. The maximum absolute atomic E-state index is 12.1. The van der Waals surface area contributed by atoms with E-state index in [1.807, 2.05) is 43.5 Å². The minimum atomic E-state index is -0.333. The highest BCUT2D eigenvalue weighted by atomic mass is 35.5. The van der Waals surface area contributed by atoms with Crippen LogP contribution in [0.4, 0.5) is 0 Å². The molecular formula is C17H24Cl3N3OS. The second kappa shape index (κ2) is 11.0. The van der Waals surface area contributed by atoms with Gasteiger partial charge in [0.05, 0.1) is 17.1 Å². The summed E-state index contributed by atoms with van der Waals surface area (Å²) in [6, 6.07) is 7.57. The third-order valence-corrected chi connectivity index (χ3v) is 5.30. The van der Waals surface area contributed by atoms with Crippen LogP contribution in [0.3, 0.4) is 0 Å². The summed E-state index contributed by atoms with van der Waals surface area (Å²) >= 11 is 7.67. The number of nitrogens with zero attached hydrogens (tertiary/aromatic N) is 1.